The average Bonchev–Trinajstić information content (AvgIpc) is 2.63. The third-order valence-electron chi connectivity index (χ3n) is 3.89. The lowest BCUT2D eigenvalue weighted by Gasteiger charge is -2.09. The number of benzene rings is 3. The highest BCUT2D eigenvalue weighted by atomic mass is 35.5. The second-order valence-electron chi connectivity index (χ2n) is 5.60. The third kappa shape index (κ3) is 3.45. The van der Waals surface area contributed by atoms with Gasteiger partial charge >= 0.3 is 0 Å². The van der Waals surface area contributed by atoms with Crippen molar-refractivity contribution in [3.63, 3.8) is 0 Å². The Balaban J connectivity index is 1.89. The number of aromatic hydroxyl groups is 2. The van der Waals surface area contributed by atoms with Crippen LogP contribution in [0.3, 0.4) is 0 Å². The Kier molecular flexibility index (Phi) is 5.02. The van der Waals surface area contributed by atoms with Crippen molar-refractivity contribution in [3.8, 4) is 11.5 Å². The Hall–Kier alpha value is -2.76. The number of halogens is 2. The number of fused-ring (bicyclic) bond motifs is 1. The molecule has 7 heteroatoms. The third-order valence-corrected chi connectivity index (χ3v) is 4.39. The zero-order valence-electron chi connectivity index (χ0n) is 13.6. The SMILES string of the molecule is C/C(=N\NC(=O)c1ccc2ccccc2c1O)c1cc(Cl)cc(Cl)c1O. The minimum absolute atomic E-state index is 0.0838. The molecule has 0 unspecified atom stereocenters. The van der Waals surface area contributed by atoms with E-state index in [9.17, 15) is 15.0 Å². The van der Waals surface area contributed by atoms with E-state index < -0.39 is 5.91 Å². The van der Waals surface area contributed by atoms with Crippen LogP contribution in [0.25, 0.3) is 10.8 Å². The van der Waals surface area contributed by atoms with E-state index in [1.54, 1.807) is 25.1 Å². The molecule has 0 bridgehead atoms. The molecule has 3 aromatic rings. The number of hydrogen-bond acceptors (Lipinski definition) is 4. The Bertz CT molecular complexity index is 1050. The van der Waals surface area contributed by atoms with Crippen molar-refractivity contribution in [1.29, 1.82) is 0 Å². The molecular formula is C19H14Cl2N2O3. The van der Waals surface area contributed by atoms with Crippen LogP contribution in [-0.2, 0) is 0 Å². The van der Waals surface area contributed by atoms with E-state index in [0.29, 0.717) is 21.7 Å². The zero-order valence-corrected chi connectivity index (χ0v) is 15.1. The van der Waals surface area contributed by atoms with Gasteiger partial charge in [0, 0.05) is 16.0 Å². The van der Waals surface area contributed by atoms with E-state index in [-0.39, 0.29) is 22.1 Å². The maximum atomic E-state index is 12.4. The van der Waals surface area contributed by atoms with Crippen molar-refractivity contribution in [1.82, 2.24) is 5.43 Å². The molecule has 3 rings (SSSR count). The Morgan fingerprint density at radius 2 is 1.73 bits per heavy atom. The van der Waals surface area contributed by atoms with E-state index in [1.165, 1.54) is 18.2 Å². The topological polar surface area (TPSA) is 81.9 Å². The van der Waals surface area contributed by atoms with Gasteiger partial charge in [-0.15, -0.1) is 0 Å². The summed E-state index contributed by atoms with van der Waals surface area (Å²) in [7, 11) is 0. The molecule has 1 amide bonds. The number of amides is 1. The number of rotatable bonds is 3. The van der Waals surface area contributed by atoms with Crippen LogP contribution >= 0.6 is 23.2 Å². The molecule has 132 valence electrons. The predicted molar refractivity (Wildman–Crippen MR) is 103 cm³/mol. The summed E-state index contributed by atoms with van der Waals surface area (Å²) >= 11 is 11.8. The summed E-state index contributed by atoms with van der Waals surface area (Å²) in [6.07, 6.45) is 0. The summed E-state index contributed by atoms with van der Waals surface area (Å²) in [6.45, 7) is 1.59. The van der Waals surface area contributed by atoms with Crippen LogP contribution in [0.5, 0.6) is 11.5 Å². The standard InChI is InChI=1S/C19H14Cl2N2O3/c1-10(15-8-12(20)9-16(21)18(15)25)22-23-19(26)14-7-6-11-4-2-3-5-13(11)17(14)24/h2-9,24-25H,1H3,(H,23,26)/b22-10+. The molecule has 0 aliphatic rings. The first-order valence-corrected chi connectivity index (χ1v) is 8.38. The molecule has 3 aromatic carbocycles. The molecule has 0 heterocycles. The smallest absolute Gasteiger partial charge is 0.275 e. The lowest BCUT2D eigenvalue weighted by atomic mass is 10.1. The van der Waals surface area contributed by atoms with Crippen LogP contribution < -0.4 is 5.43 Å². The molecule has 0 aromatic heterocycles. The largest absolute Gasteiger partial charge is 0.506 e. The summed E-state index contributed by atoms with van der Waals surface area (Å²) in [4.78, 5) is 12.4. The average molecular weight is 389 g/mol. The van der Waals surface area contributed by atoms with Crippen molar-refractivity contribution in [2.75, 3.05) is 0 Å². The van der Waals surface area contributed by atoms with Crippen LogP contribution in [0.2, 0.25) is 10.0 Å². The van der Waals surface area contributed by atoms with Gasteiger partial charge < -0.3 is 10.2 Å². The Morgan fingerprint density at radius 3 is 2.50 bits per heavy atom. The molecule has 0 aliphatic heterocycles. The van der Waals surface area contributed by atoms with Gasteiger partial charge in [-0.1, -0.05) is 53.5 Å². The summed E-state index contributed by atoms with van der Waals surface area (Å²) in [5, 5.41) is 26.1. The van der Waals surface area contributed by atoms with Gasteiger partial charge in [-0.05, 0) is 30.5 Å². The van der Waals surface area contributed by atoms with Gasteiger partial charge in [0.05, 0.1) is 16.3 Å². The van der Waals surface area contributed by atoms with Crippen molar-refractivity contribution in [3.05, 3.63) is 69.7 Å². The van der Waals surface area contributed by atoms with Crippen molar-refractivity contribution >= 4 is 45.6 Å². The molecule has 5 nitrogen and oxygen atoms in total. The molecular weight excluding hydrogens is 375 g/mol. The lowest BCUT2D eigenvalue weighted by molar-refractivity contribution is 0.0952. The van der Waals surface area contributed by atoms with E-state index >= 15 is 0 Å². The second kappa shape index (κ2) is 7.23. The van der Waals surface area contributed by atoms with Gasteiger partial charge in [0.25, 0.3) is 5.91 Å². The van der Waals surface area contributed by atoms with Gasteiger partial charge in [-0.2, -0.15) is 5.10 Å². The molecule has 26 heavy (non-hydrogen) atoms. The fourth-order valence-corrected chi connectivity index (χ4v) is 3.03. The molecule has 0 saturated heterocycles. The summed E-state index contributed by atoms with van der Waals surface area (Å²) in [5.41, 5.74) is 3.05. The number of nitrogens with zero attached hydrogens (tertiary/aromatic N) is 1. The fourth-order valence-electron chi connectivity index (χ4n) is 2.54. The molecule has 0 saturated carbocycles. The van der Waals surface area contributed by atoms with Crippen molar-refractivity contribution in [2.24, 2.45) is 5.10 Å². The maximum absolute atomic E-state index is 12.4. The maximum Gasteiger partial charge on any atom is 0.275 e. The molecule has 0 radical (unpaired) electrons. The number of nitrogens with one attached hydrogen (secondary N) is 1. The normalized spacial score (nSPS) is 11.6. The quantitative estimate of drug-likeness (QED) is 0.448. The summed E-state index contributed by atoms with van der Waals surface area (Å²) in [6, 6.07) is 13.3. The number of carbonyl (C=O) groups is 1. The van der Waals surface area contributed by atoms with E-state index in [2.05, 4.69) is 10.5 Å². The Morgan fingerprint density at radius 1 is 1.00 bits per heavy atom. The lowest BCUT2D eigenvalue weighted by Crippen LogP contribution is -2.19. The highest BCUT2D eigenvalue weighted by Gasteiger charge is 2.15. The monoisotopic (exact) mass is 388 g/mol. The van der Waals surface area contributed by atoms with Gasteiger partial charge in [0.2, 0.25) is 0 Å². The van der Waals surface area contributed by atoms with Crippen molar-refractivity contribution in [2.45, 2.75) is 6.92 Å². The zero-order chi connectivity index (χ0) is 18.8. The number of hydrogen-bond donors (Lipinski definition) is 3. The number of phenols is 2. The van der Waals surface area contributed by atoms with E-state index in [1.807, 2.05) is 12.1 Å². The predicted octanol–water partition coefficient (Wildman–Crippen LogP) is 4.71. The number of phenolic OH excluding ortho intramolecular Hbond substituents is 2. The molecule has 3 N–H and O–H groups in total. The second-order valence-corrected chi connectivity index (χ2v) is 6.45. The van der Waals surface area contributed by atoms with Crippen LogP contribution in [0, 0.1) is 0 Å². The van der Waals surface area contributed by atoms with Crippen molar-refractivity contribution < 1.29 is 15.0 Å². The first-order valence-electron chi connectivity index (χ1n) is 7.62. The summed E-state index contributed by atoms with van der Waals surface area (Å²) < 4.78 is 0. The van der Waals surface area contributed by atoms with E-state index in [0.717, 1.165) is 5.39 Å². The molecule has 0 atom stereocenters. The molecule has 0 spiro atoms. The van der Waals surface area contributed by atoms with Gasteiger partial charge in [0.1, 0.15) is 11.5 Å². The molecule has 0 fully saturated rings. The summed E-state index contributed by atoms with van der Waals surface area (Å²) in [5.74, 6) is -0.887. The highest BCUT2D eigenvalue weighted by Crippen LogP contribution is 2.32. The Labute approximate surface area is 159 Å². The van der Waals surface area contributed by atoms with Gasteiger partial charge in [-0.3, -0.25) is 4.79 Å². The van der Waals surface area contributed by atoms with Crippen LogP contribution in [0.1, 0.15) is 22.8 Å². The molecule has 0 aliphatic carbocycles. The first-order chi connectivity index (χ1) is 12.4. The number of carbonyl (C=O) groups excluding carboxylic acids is 1. The first kappa shape index (κ1) is 18.0. The van der Waals surface area contributed by atoms with E-state index in [4.69, 9.17) is 23.2 Å². The highest BCUT2D eigenvalue weighted by molar-refractivity contribution is 6.36. The fraction of sp³-hybridized carbons (Fsp3) is 0.0526. The minimum Gasteiger partial charge on any atom is -0.506 e. The minimum atomic E-state index is -0.583. The van der Waals surface area contributed by atoms with Crippen LogP contribution in [0.4, 0.5) is 0 Å². The van der Waals surface area contributed by atoms with Crippen LogP contribution in [-0.4, -0.2) is 21.8 Å². The number of hydrazone groups is 1. The van der Waals surface area contributed by atoms with Gasteiger partial charge in [0.15, 0.2) is 0 Å². The van der Waals surface area contributed by atoms with Gasteiger partial charge in [-0.25, -0.2) is 5.43 Å². The van der Waals surface area contributed by atoms with Crippen LogP contribution in [0.15, 0.2) is 53.6 Å².